The number of Topliss-reactive ketones (excluding diaryl/α,β-unsaturated/α-hetero) is 1. The first kappa shape index (κ1) is 20.8. The Bertz CT molecular complexity index is 1050. The van der Waals surface area contributed by atoms with Crippen LogP contribution in [-0.2, 0) is 9.57 Å². The van der Waals surface area contributed by atoms with Crippen LogP contribution in [0, 0.1) is 0 Å². The van der Waals surface area contributed by atoms with Crippen LogP contribution < -0.4 is 5.48 Å². The number of ether oxygens (including phenoxy) is 1. The summed E-state index contributed by atoms with van der Waals surface area (Å²) in [6.45, 7) is -0.289. The Balaban J connectivity index is 1.56. The molecule has 0 aromatic heterocycles. The fourth-order valence-corrected chi connectivity index (χ4v) is 4.31. The van der Waals surface area contributed by atoms with Crippen LogP contribution in [0.5, 0.6) is 0 Å². The molecule has 3 aromatic rings. The van der Waals surface area contributed by atoms with Crippen LogP contribution in [0.25, 0.3) is 0 Å². The van der Waals surface area contributed by atoms with Gasteiger partial charge < -0.3 is 9.57 Å². The van der Waals surface area contributed by atoms with E-state index in [1.54, 1.807) is 72.8 Å². The van der Waals surface area contributed by atoms with Crippen LogP contribution in [-0.4, -0.2) is 35.6 Å². The lowest BCUT2D eigenvalue weighted by molar-refractivity contribution is -0.0154. The van der Waals surface area contributed by atoms with Gasteiger partial charge in [-0.15, -0.1) is 17.2 Å². The molecule has 156 valence electrons. The molecular weight excluding hydrogens is 414 g/mol. The second-order valence-corrected chi connectivity index (χ2v) is 8.01. The first-order valence-corrected chi connectivity index (χ1v) is 10.6. The summed E-state index contributed by atoms with van der Waals surface area (Å²) in [5, 5.41) is 0. The Labute approximate surface area is 183 Å². The van der Waals surface area contributed by atoms with E-state index >= 15 is 0 Å². The van der Waals surface area contributed by atoms with Crippen LogP contribution in [0.3, 0.4) is 0 Å². The molecule has 0 fully saturated rings. The van der Waals surface area contributed by atoms with E-state index in [0.29, 0.717) is 16.7 Å². The Hall–Kier alpha value is -3.42. The van der Waals surface area contributed by atoms with E-state index in [2.05, 4.69) is 5.48 Å². The lowest BCUT2D eigenvalue weighted by Crippen LogP contribution is -2.59. The highest BCUT2D eigenvalue weighted by Gasteiger charge is 2.46. The predicted octanol–water partition coefficient (Wildman–Crippen LogP) is 3.93. The molecule has 1 unspecified atom stereocenters. The summed E-state index contributed by atoms with van der Waals surface area (Å²) in [5.74, 6) is -1.27. The largest absolute Gasteiger partial charge is 0.459 e. The number of nitrogens with one attached hydrogen (secondary N) is 1. The summed E-state index contributed by atoms with van der Waals surface area (Å²) < 4.78 is 5.47. The molecule has 0 bridgehead atoms. The quantitative estimate of drug-likeness (QED) is 0.466. The number of fused-ring (bicyclic) bond motifs is 1. The average Bonchev–Trinajstić information content (AvgIpc) is 2.84. The summed E-state index contributed by atoms with van der Waals surface area (Å²) in [4.78, 5) is 44.4. The van der Waals surface area contributed by atoms with Gasteiger partial charge in [0.25, 0.3) is 0 Å². The van der Waals surface area contributed by atoms with Crippen molar-refractivity contribution < 1.29 is 24.0 Å². The highest BCUT2D eigenvalue weighted by molar-refractivity contribution is 7.99. The zero-order valence-corrected chi connectivity index (χ0v) is 17.3. The van der Waals surface area contributed by atoms with E-state index in [0.717, 1.165) is 4.90 Å². The number of carbonyl (C=O) groups excluding carboxylic acids is 3. The first-order chi connectivity index (χ1) is 15.1. The zero-order valence-electron chi connectivity index (χ0n) is 16.4. The molecule has 0 spiro atoms. The van der Waals surface area contributed by atoms with Gasteiger partial charge in [-0.25, -0.2) is 9.59 Å². The molecule has 7 heteroatoms. The van der Waals surface area contributed by atoms with Crippen molar-refractivity contribution >= 4 is 29.5 Å². The second kappa shape index (κ2) is 9.16. The molecule has 1 atom stereocenters. The van der Waals surface area contributed by atoms with Gasteiger partial charge in [-0.1, -0.05) is 54.6 Å². The van der Waals surface area contributed by atoms with Crippen molar-refractivity contribution in [1.82, 2.24) is 5.48 Å². The number of rotatable bonds is 6. The lowest BCUT2D eigenvalue weighted by Gasteiger charge is -2.35. The fourth-order valence-electron chi connectivity index (χ4n) is 3.14. The van der Waals surface area contributed by atoms with Crippen molar-refractivity contribution in [2.24, 2.45) is 0 Å². The minimum absolute atomic E-state index is 0.229. The number of benzene rings is 3. The number of thioether (sulfide) groups is 1. The molecule has 0 saturated heterocycles. The topological polar surface area (TPSA) is 81.7 Å². The molecule has 6 nitrogen and oxygen atoms in total. The highest BCUT2D eigenvalue weighted by Crippen LogP contribution is 2.35. The van der Waals surface area contributed by atoms with Gasteiger partial charge in [0.15, 0.2) is 11.3 Å². The lowest BCUT2D eigenvalue weighted by atomic mass is 9.92. The maximum Gasteiger partial charge on any atom is 0.356 e. The van der Waals surface area contributed by atoms with Crippen molar-refractivity contribution in [1.29, 1.82) is 0 Å². The standard InChI is InChI=1S/C24H19NO5S/c26-21-19-13-7-8-14-20(19)31-16-24(21,15-29-22(27)17-9-3-1-4-10-17)25-30-23(28)18-11-5-2-6-12-18/h1-14,25H,15-16H2. The molecule has 31 heavy (non-hydrogen) atoms. The number of ketones is 1. The van der Waals surface area contributed by atoms with Gasteiger partial charge in [0.2, 0.25) is 0 Å². The van der Waals surface area contributed by atoms with Crippen molar-refractivity contribution in [2.45, 2.75) is 10.4 Å². The van der Waals surface area contributed by atoms with Gasteiger partial charge in [-0.3, -0.25) is 4.79 Å². The van der Waals surface area contributed by atoms with E-state index in [4.69, 9.17) is 9.57 Å². The van der Waals surface area contributed by atoms with Crippen molar-refractivity contribution in [3.8, 4) is 0 Å². The Kier molecular flexibility index (Phi) is 6.16. The third kappa shape index (κ3) is 4.52. The second-order valence-electron chi connectivity index (χ2n) is 7.00. The van der Waals surface area contributed by atoms with Gasteiger partial charge >= 0.3 is 11.9 Å². The SMILES string of the molecule is O=C(OCC1(NOC(=O)c2ccccc2)CSc2ccccc2C1=O)c1ccccc1. The van der Waals surface area contributed by atoms with Crippen LogP contribution >= 0.6 is 11.8 Å². The van der Waals surface area contributed by atoms with E-state index in [1.165, 1.54) is 11.8 Å². The normalized spacial score (nSPS) is 17.5. The Morgan fingerprint density at radius 3 is 2.10 bits per heavy atom. The van der Waals surface area contributed by atoms with Crippen LogP contribution in [0.15, 0.2) is 89.8 Å². The number of carbonyl (C=O) groups is 3. The van der Waals surface area contributed by atoms with Gasteiger partial charge in [0.1, 0.15) is 6.61 Å². The van der Waals surface area contributed by atoms with Crippen LogP contribution in [0.4, 0.5) is 0 Å². The smallest absolute Gasteiger partial charge is 0.356 e. The third-order valence-corrected chi connectivity index (χ3v) is 6.15. The maximum atomic E-state index is 13.4. The molecule has 1 aliphatic rings. The summed E-state index contributed by atoms with van der Waals surface area (Å²) >= 11 is 1.43. The predicted molar refractivity (Wildman–Crippen MR) is 116 cm³/mol. The first-order valence-electron chi connectivity index (χ1n) is 9.61. The van der Waals surface area contributed by atoms with Gasteiger partial charge in [-0.05, 0) is 30.3 Å². The molecule has 1 aliphatic heterocycles. The minimum Gasteiger partial charge on any atom is -0.459 e. The third-order valence-electron chi connectivity index (χ3n) is 4.85. The number of hydroxylamine groups is 1. The van der Waals surface area contributed by atoms with E-state index < -0.39 is 17.5 Å². The molecule has 1 heterocycles. The van der Waals surface area contributed by atoms with Crippen molar-refractivity contribution in [2.75, 3.05) is 12.4 Å². The Morgan fingerprint density at radius 2 is 1.42 bits per heavy atom. The molecule has 0 radical (unpaired) electrons. The summed E-state index contributed by atoms with van der Waals surface area (Å²) in [6, 6.07) is 24.1. The zero-order chi connectivity index (χ0) is 21.7. The Morgan fingerprint density at radius 1 is 0.839 bits per heavy atom. The molecule has 1 N–H and O–H groups in total. The van der Waals surface area contributed by atoms with Crippen LogP contribution in [0.1, 0.15) is 31.1 Å². The van der Waals surface area contributed by atoms with Gasteiger partial charge in [-0.2, -0.15) is 0 Å². The average molecular weight is 433 g/mol. The molecule has 4 rings (SSSR count). The monoisotopic (exact) mass is 433 g/mol. The maximum absolute atomic E-state index is 13.4. The molecule has 0 aliphatic carbocycles. The van der Waals surface area contributed by atoms with Crippen molar-refractivity contribution in [3.05, 3.63) is 102 Å². The number of esters is 1. The summed E-state index contributed by atoms with van der Waals surface area (Å²) in [7, 11) is 0. The molecular formula is C24H19NO5S. The van der Waals surface area contributed by atoms with Gasteiger partial charge in [0.05, 0.1) is 11.1 Å². The highest BCUT2D eigenvalue weighted by atomic mass is 32.2. The van der Waals surface area contributed by atoms with Crippen molar-refractivity contribution in [3.63, 3.8) is 0 Å². The van der Waals surface area contributed by atoms with Crippen LogP contribution in [0.2, 0.25) is 0 Å². The molecule has 0 saturated carbocycles. The van der Waals surface area contributed by atoms with E-state index in [9.17, 15) is 14.4 Å². The fraction of sp³-hybridized carbons (Fsp3) is 0.125. The number of hydrogen-bond acceptors (Lipinski definition) is 7. The minimum atomic E-state index is -1.41. The van der Waals surface area contributed by atoms with E-state index in [1.807, 2.05) is 12.1 Å². The number of hydrogen-bond donors (Lipinski definition) is 1. The van der Waals surface area contributed by atoms with E-state index in [-0.39, 0.29) is 18.1 Å². The molecule has 3 aromatic carbocycles. The summed E-state index contributed by atoms with van der Waals surface area (Å²) in [6.07, 6.45) is 0. The molecule has 0 amide bonds. The summed E-state index contributed by atoms with van der Waals surface area (Å²) in [5.41, 5.74) is 2.42. The van der Waals surface area contributed by atoms with Gasteiger partial charge in [0, 0.05) is 16.2 Å².